The highest BCUT2D eigenvalue weighted by atomic mass is 35.5. The molecule has 0 aliphatic rings. The summed E-state index contributed by atoms with van der Waals surface area (Å²) in [5, 5.41) is 14.1. The average molecular weight is 418 g/mol. The van der Waals surface area contributed by atoms with Crippen LogP contribution in [0.5, 0.6) is 5.75 Å². The van der Waals surface area contributed by atoms with E-state index >= 15 is 0 Å². The number of aromatic nitrogens is 1. The van der Waals surface area contributed by atoms with Crippen LogP contribution in [0.4, 0.5) is 5.69 Å². The number of rotatable bonds is 5. The fourth-order valence-corrected chi connectivity index (χ4v) is 3.84. The lowest BCUT2D eigenvalue weighted by molar-refractivity contribution is -0.576. The molecule has 27 heavy (non-hydrogen) atoms. The van der Waals surface area contributed by atoms with E-state index in [-0.39, 0.29) is 5.76 Å². The van der Waals surface area contributed by atoms with Crippen LogP contribution in [0.2, 0.25) is 4.34 Å². The normalized spacial score (nSPS) is 11.7. The molecule has 138 valence electrons. The van der Waals surface area contributed by atoms with Crippen molar-refractivity contribution < 1.29 is 14.4 Å². The summed E-state index contributed by atoms with van der Waals surface area (Å²) in [7, 11) is 1.61. The van der Waals surface area contributed by atoms with E-state index in [2.05, 4.69) is 5.32 Å². The van der Waals surface area contributed by atoms with E-state index < -0.39 is 0 Å². The number of nitrogens with one attached hydrogen (secondary N) is 1. The van der Waals surface area contributed by atoms with Crippen LogP contribution in [-0.2, 0) is 0 Å². The van der Waals surface area contributed by atoms with Crippen LogP contribution in [0.15, 0.2) is 60.9 Å². The lowest BCUT2D eigenvalue weighted by atomic mass is 10.2. The van der Waals surface area contributed by atoms with Crippen molar-refractivity contribution in [2.45, 2.75) is 6.92 Å². The summed E-state index contributed by atoms with van der Waals surface area (Å²) in [6, 6.07) is 14.8. The van der Waals surface area contributed by atoms with Crippen LogP contribution in [0.25, 0.3) is 11.5 Å². The SMILES string of the molecule is COc1cccc(NC(=S)/C(=C(/O)c2ccc(Cl)s2)[n+]2cccc(C)c2)c1. The van der Waals surface area contributed by atoms with E-state index in [4.69, 9.17) is 28.6 Å². The van der Waals surface area contributed by atoms with Gasteiger partial charge in [0.15, 0.2) is 17.4 Å². The molecule has 3 rings (SSSR count). The monoisotopic (exact) mass is 417 g/mol. The van der Waals surface area contributed by atoms with Crippen molar-refractivity contribution in [3.8, 4) is 5.75 Å². The molecule has 0 bridgehead atoms. The zero-order valence-corrected chi connectivity index (χ0v) is 17.2. The third-order valence-electron chi connectivity index (χ3n) is 3.78. The lowest BCUT2D eigenvalue weighted by Gasteiger charge is -2.10. The predicted octanol–water partition coefficient (Wildman–Crippen LogP) is 5.33. The molecular formula is C20H18ClN2O2S2+. The molecule has 7 heteroatoms. The summed E-state index contributed by atoms with van der Waals surface area (Å²) in [6.45, 7) is 1.98. The number of benzene rings is 1. The molecule has 0 saturated carbocycles. The Bertz CT molecular complexity index is 1010. The molecule has 0 aliphatic heterocycles. The van der Waals surface area contributed by atoms with Gasteiger partial charge in [-0.25, -0.2) is 0 Å². The number of thiophene rings is 1. The molecule has 2 heterocycles. The van der Waals surface area contributed by atoms with Gasteiger partial charge in [-0.2, -0.15) is 4.57 Å². The number of hydrogen-bond donors (Lipinski definition) is 2. The van der Waals surface area contributed by atoms with Crippen molar-refractivity contribution in [1.82, 2.24) is 0 Å². The Kier molecular flexibility index (Phi) is 6.11. The van der Waals surface area contributed by atoms with Crippen molar-refractivity contribution in [3.05, 3.63) is 75.7 Å². The van der Waals surface area contributed by atoms with Gasteiger partial charge in [-0.1, -0.05) is 29.9 Å². The van der Waals surface area contributed by atoms with Gasteiger partial charge in [0.05, 0.1) is 16.3 Å². The Labute approximate surface area is 172 Å². The molecule has 0 aliphatic carbocycles. The van der Waals surface area contributed by atoms with Gasteiger partial charge in [0.2, 0.25) is 5.76 Å². The first-order chi connectivity index (χ1) is 13.0. The first kappa shape index (κ1) is 19.4. The number of nitrogens with zero attached hydrogens (tertiary/aromatic N) is 1. The molecule has 0 saturated heterocycles. The summed E-state index contributed by atoms with van der Waals surface area (Å²) in [5.41, 5.74) is 2.27. The summed E-state index contributed by atoms with van der Waals surface area (Å²) in [5.74, 6) is 0.772. The highest BCUT2D eigenvalue weighted by Gasteiger charge is 2.25. The number of thiocarbonyl (C=S) groups is 1. The molecule has 4 nitrogen and oxygen atoms in total. The van der Waals surface area contributed by atoms with Crippen LogP contribution < -0.4 is 14.6 Å². The van der Waals surface area contributed by atoms with Gasteiger partial charge in [0.25, 0.3) is 5.70 Å². The van der Waals surface area contributed by atoms with Gasteiger partial charge in [-0.15, -0.1) is 11.3 Å². The van der Waals surface area contributed by atoms with Gasteiger partial charge in [-0.05, 0) is 37.3 Å². The molecule has 2 aromatic heterocycles. The number of halogens is 1. The maximum absolute atomic E-state index is 10.9. The fraction of sp³-hybridized carbons (Fsp3) is 0.100. The minimum absolute atomic E-state index is 0.0582. The number of pyridine rings is 1. The standard InChI is InChI=1S/C20H17ClN2O2S2/c1-13-5-4-10-23(12-13)18(19(24)16-8-9-17(21)27-16)20(26)22-14-6-3-7-15(11-14)25-2/h3-12H,1-2H3,(H-,22,24,26)/p+1. The van der Waals surface area contributed by atoms with Crippen LogP contribution in [0.3, 0.4) is 0 Å². The van der Waals surface area contributed by atoms with Gasteiger partial charge >= 0.3 is 0 Å². The maximum atomic E-state index is 10.9. The second-order valence-electron chi connectivity index (χ2n) is 5.78. The second-order valence-corrected chi connectivity index (χ2v) is 7.90. The van der Waals surface area contributed by atoms with E-state index in [9.17, 15) is 5.11 Å². The minimum Gasteiger partial charge on any atom is -0.501 e. The van der Waals surface area contributed by atoms with Crippen molar-refractivity contribution in [1.29, 1.82) is 0 Å². The van der Waals surface area contributed by atoms with Crippen molar-refractivity contribution in [2.24, 2.45) is 0 Å². The summed E-state index contributed by atoms with van der Waals surface area (Å²) in [4.78, 5) is 1.01. The number of aliphatic hydroxyl groups is 1. The quantitative estimate of drug-likeness (QED) is 0.255. The van der Waals surface area contributed by atoms with E-state index in [0.29, 0.717) is 25.6 Å². The molecule has 3 aromatic rings. The molecule has 0 spiro atoms. The van der Waals surface area contributed by atoms with Crippen molar-refractivity contribution >= 4 is 57.3 Å². The van der Waals surface area contributed by atoms with Gasteiger partial charge in [0.1, 0.15) is 5.75 Å². The summed E-state index contributed by atoms with van der Waals surface area (Å²) < 4.78 is 7.65. The molecule has 0 radical (unpaired) electrons. The van der Waals surface area contributed by atoms with Crippen LogP contribution >= 0.6 is 35.2 Å². The van der Waals surface area contributed by atoms with E-state index in [1.807, 2.05) is 55.7 Å². The zero-order chi connectivity index (χ0) is 19.4. The van der Waals surface area contributed by atoms with Gasteiger partial charge < -0.3 is 15.2 Å². The molecule has 0 unspecified atom stereocenters. The maximum Gasteiger partial charge on any atom is 0.289 e. The Balaban J connectivity index is 2.05. The van der Waals surface area contributed by atoms with Crippen LogP contribution in [0.1, 0.15) is 10.4 Å². The van der Waals surface area contributed by atoms with E-state index in [1.165, 1.54) is 11.3 Å². The van der Waals surface area contributed by atoms with Crippen molar-refractivity contribution in [2.75, 3.05) is 12.4 Å². The van der Waals surface area contributed by atoms with E-state index in [0.717, 1.165) is 11.3 Å². The Morgan fingerprint density at radius 2 is 2.04 bits per heavy atom. The Morgan fingerprint density at radius 3 is 2.70 bits per heavy atom. The summed E-state index contributed by atoms with van der Waals surface area (Å²) >= 11 is 13.0. The number of methoxy groups -OCH3 is 1. The summed E-state index contributed by atoms with van der Waals surface area (Å²) in [6.07, 6.45) is 3.74. The smallest absolute Gasteiger partial charge is 0.289 e. The predicted molar refractivity (Wildman–Crippen MR) is 116 cm³/mol. The highest BCUT2D eigenvalue weighted by Crippen LogP contribution is 2.29. The first-order valence-corrected chi connectivity index (χ1v) is 9.71. The molecule has 0 atom stereocenters. The highest BCUT2D eigenvalue weighted by molar-refractivity contribution is 7.81. The molecule has 2 N–H and O–H groups in total. The largest absolute Gasteiger partial charge is 0.501 e. The number of aliphatic hydroxyl groups excluding tert-OH is 1. The van der Waals surface area contributed by atoms with Gasteiger partial charge in [-0.3, -0.25) is 0 Å². The topological polar surface area (TPSA) is 45.4 Å². The minimum atomic E-state index is 0.0582. The number of ether oxygens (including phenoxy) is 1. The molecular weight excluding hydrogens is 400 g/mol. The average Bonchev–Trinajstić information content (AvgIpc) is 3.08. The first-order valence-electron chi connectivity index (χ1n) is 8.10. The molecule has 0 fully saturated rings. The lowest BCUT2D eigenvalue weighted by Crippen LogP contribution is -2.38. The second kappa shape index (κ2) is 8.52. The third-order valence-corrected chi connectivity index (χ3v) is 5.31. The number of hydrogen-bond acceptors (Lipinski definition) is 4. The molecule has 1 aromatic carbocycles. The van der Waals surface area contributed by atoms with Gasteiger partial charge in [0, 0.05) is 23.4 Å². The van der Waals surface area contributed by atoms with Crippen LogP contribution in [0, 0.1) is 6.92 Å². The Morgan fingerprint density at radius 1 is 1.22 bits per heavy atom. The van der Waals surface area contributed by atoms with E-state index in [1.54, 1.807) is 23.8 Å². The number of anilines is 1. The fourth-order valence-electron chi connectivity index (χ4n) is 2.53. The zero-order valence-electron chi connectivity index (χ0n) is 14.8. The third kappa shape index (κ3) is 4.66. The van der Waals surface area contributed by atoms with Crippen molar-refractivity contribution in [3.63, 3.8) is 0 Å². The number of aryl methyl sites for hydroxylation is 1. The Hall–Kier alpha value is -2.41. The molecule has 0 amide bonds. The van der Waals surface area contributed by atoms with Crippen LogP contribution in [-0.4, -0.2) is 17.2 Å².